The summed E-state index contributed by atoms with van der Waals surface area (Å²) in [5.41, 5.74) is -1.91. The minimum atomic E-state index is -2.42. The van der Waals surface area contributed by atoms with Crippen LogP contribution in [0, 0.1) is 0 Å². The predicted molar refractivity (Wildman–Crippen MR) is 72.0 cm³/mol. The second-order valence-electron chi connectivity index (χ2n) is 4.45. The fraction of sp³-hybridized carbons (Fsp3) is 0.429. The molecule has 116 valence electrons. The number of benzene rings is 1. The first-order chi connectivity index (χ1) is 9.96. The number of hydrogen-bond donors (Lipinski definition) is 3. The van der Waals surface area contributed by atoms with Crippen LogP contribution in [0.25, 0.3) is 0 Å². The Morgan fingerprint density at radius 2 is 1.76 bits per heavy atom. The van der Waals surface area contributed by atoms with Crippen LogP contribution in [0.1, 0.15) is 5.56 Å². The Bertz CT molecular complexity index is 453. The van der Waals surface area contributed by atoms with E-state index in [1.54, 1.807) is 30.3 Å². The van der Waals surface area contributed by atoms with Gasteiger partial charge in [-0.25, -0.2) is 9.59 Å². The van der Waals surface area contributed by atoms with Gasteiger partial charge in [-0.05, 0) is 5.56 Å². The summed E-state index contributed by atoms with van der Waals surface area (Å²) in [6.45, 7) is -0.754. The lowest BCUT2D eigenvalue weighted by molar-refractivity contribution is -0.188. The Labute approximate surface area is 121 Å². The van der Waals surface area contributed by atoms with E-state index in [4.69, 9.17) is 14.6 Å². The Morgan fingerprint density at radius 3 is 2.19 bits per heavy atom. The van der Waals surface area contributed by atoms with Gasteiger partial charge < -0.3 is 24.8 Å². The van der Waals surface area contributed by atoms with E-state index in [-0.39, 0.29) is 13.0 Å². The number of rotatable bonds is 9. The summed E-state index contributed by atoms with van der Waals surface area (Å²) in [5.74, 6) is -3.21. The standard InChI is InChI=1S/C14H18O7/c1-20-11(8-15)9-21-14(12(16)17,13(18)19)7-10-5-3-2-4-6-10/h2-6,11,15H,7-9H2,1H3,(H,16,17)(H,18,19)/t11-/m0/s1. The Morgan fingerprint density at radius 1 is 1.19 bits per heavy atom. The minimum absolute atomic E-state index is 0.333. The molecule has 0 spiro atoms. The van der Waals surface area contributed by atoms with Crippen molar-refractivity contribution in [2.45, 2.75) is 18.1 Å². The lowest BCUT2D eigenvalue weighted by atomic mass is 9.94. The molecule has 7 nitrogen and oxygen atoms in total. The van der Waals surface area contributed by atoms with Crippen LogP contribution in [0.2, 0.25) is 0 Å². The van der Waals surface area contributed by atoms with Crippen LogP contribution in [-0.4, -0.2) is 59.3 Å². The normalized spacial score (nSPS) is 12.9. The van der Waals surface area contributed by atoms with E-state index in [9.17, 15) is 19.8 Å². The molecule has 0 amide bonds. The van der Waals surface area contributed by atoms with Gasteiger partial charge in [0.05, 0.1) is 13.2 Å². The van der Waals surface area contributed by atoms with Gasteiger partial charge in [-0.1, -0.05) is 30.3 Å². The van der Waals surface area contributed by atoms with Gasteiger partial charge in [0.1, 0.15) is 6.10 Å². The SMILES string of the molecule is CO[C@@H](CO)COC(Cc1ccccc1)(C(=O)O)C(=O)O. The van der Waals surface area contributed by atoms with E-state index >= 15 is 0 Å². The first-order valence-electron chi connectivity index (χ1n) is 6.24. The van der Waals surface area contributed by atoms with Crippen molar-refractivity contribution in [3.05, 3.63) is 35.9 Å². The van der Waals surface area contributed by atoms with Crippen LogP contribution in [0.3, 0.4) is 0 Å². The van der Waals surface area contributed by atoms with Crippen molar-refractivity contribution in [3.8, 4) is 0 Å². The van der Waals surface area contributed by atoms with Crippen LogP contribution < -0.4 is 0 Å². The summed E-state index contributed by atoms with van der Waals surface area (Å²) in [5, 5.41) is 27.6. The van der Waals surface area contributed by atoms with Crippen molar-refractivity contribution < 1.29 is 34.4 Å². The highest BCUT2D eigenvalue weighted by Crippen LogP contribution is 2.20. The van der Waals surface area contributed by atoms with Crippen LogP contribution in [0.15, 0.2) is 30.3 Å². The van der Waals surface area contributed by atoms with Gasteiger partial charge in [-0.2, -0.15) is 0 Å². The average molecular weight is 298 g/mol. The second-order valence-corrected chi connectivity index (χ2v) is 4.45. The van der Waals surface area contributed by atoms with Gasteiger partial charge in [0.15, 0.2) is 0 Å². The molecular formula is C14H18O7. The number of aliphatic carboxylic acids is 2. The first kappa shape index (κ1) is 17.1. The molecule has 0 saturated heterocycles. The zero-order chi connectivity index (χ0) is 15.9. The summed E-state index contributed by atoms with van der Waals surface area (Å²) >= 11 is 0. The van der Waals surface area contributed by atoms with E-state index in [2.05, 4.69) is 0 Å². The summed E-state index contributed by atoms with van der Waals surface area (Å²) in [4.78, 5) is 22.9. The molecule has 1 aromatic carbocycles. The molecule has 0 aliphatic rings. The highest BCUT2D eigenvalue weighted by atomic mass is 16.6. The van der Waals surface area contributed by atoms with E-state index in [0.717, 1.165) is 0 Å². The monoisotopic (exact) mass is 298 g/mol. The third-order valence-electron chi connectivity index (χ3n) is 3.04. The summed E-state index contributed by atoms with van der Waals surface area (Å²) < 4.78 is 9.96. The van der Waals surface area contributed by atoms with E-state index in [1.807, 2.05) is 0 Å². The van der Waals surface area contributed by atoms with Crippen LogP contribution in [0.4, 0.5) is 0 Å². The van der Waals surface area contributed by atoms with Gasteiger partial charge in [-0.15, -0.1) is 0 Å². The molecule has 1 aromatic rings. The number of ether oxygens (including phenoxy) is 2. The zero-order valence-corrected chi connectivity index (χ0v) is 11.6. The maximum atomic E-state index is 11.4. The van der Waals surface area contributed by atoms with Crippen LogP contribution in [0.5, 0.6) is 0 Å². The fourth-order valence-corrected chi connectivity index (χ4v) is 1.73. The number of aliphatic hydroxyl groups is 1. The van der Waals surface area contributed by atoms with Gasteiger partial charge in [0.2, 0.25) is 0 Å². The lowest BCUT2D eigenvalue weighted by Gasteiger charge is -2.27. The number of carbonyl (C=O) groups is 2. The number of carboxylic acid groups (broad SMARTS) is 2. The van der Waals surface area contributed by atoms with Crippen LogP contribution >= 0.6 is 0 Å². The zero-order valence-electron chi connectivity index (χ0n) is 11.6. The molecule has 0 saturated carbocycles. The molecular weight excluding hydrogens is 280 g/mol. The quantitative estimate of drug-likeness (QED) is 0.556. The van der Waals surface area contributed by atoms with Crippen molar-refractivity contribution >= 4 is 11.9 Å². The maximum absolute atomic E-state index is 11.4. The maximum Gasteiger partial charge on any atom is 0.348 e. The number of hydrogen-bond acceptors (Lipinski definition) is 5. The summed E-state index contributed by atoms with van der Waals surface area (Å²) in [6, 6.07) is 8.32. The molecule has 21 heavy (non-hydrogen) atoms. The molecule has 3 N–H and O–H groups in total. The van der Waals surface area contributed by atoms with Crippen molar-refractivity contribution in [3.63, 3.8) is 0 Å². The topological polar surface area (TPSA) is 113 Å². The van der Waals surface area contributed by atoms with Crippen molar-refractivity contribution in [1.29, 1.82) is 0 Å². The first-order valence-corrected chi connectivity index (χ1v) is 6.24. The molecule has 0 radical (unpaired) electrons. The smallest absolute Gasteiger partial charge is 0.348 e. The Balaban J connectivity index is 2.99. The predicted octanol–water partition coefficient (Wildman–Crippen LogP) is 0.161. The Kier molecular flexibility index (Phi) is 6.29. The molecule has 0 aliphatic heterocycles. The van der Waals surface area contributed by atoms with E-state index in [0.29, 0.717) is 5.56 Å². The lowest BCUT2D eigenvalue weighted by Crippen LogP contribution is -2.52. The van der Waals surface area contributed by atoms with Crippen molar-refractivity contribution in [2.24, 2.45) is 0 Å². The Hall–Kier alpha value is -1.96. The van der Waals surface area contributed by atoms with Crippen molar-refractivity contribution in [2.75, 3.05) is 20.3 Å². The molecule has 1 rings (SSSR count). The van der Waals surface area contributed by atoms with E-state index in [1.165, 1.54) is 7.11 Å². The number of carboxylic acids is 2. The third kappa shape index (κ3) is 4.25. The van der Waals surface area contributed by atoms with Gasteiger partial charge >= 0.3 is 11.9 Å². The van der Waals surface area contributed by atoms with Gasteiger partial charge in [0.25, 0.3) is 5.60 Å². The molecule has 0 unspecified atom stereocenters. The molecule has 1 atom stereocenters. The van der Waals surface area contributed by atoms with E-state index < -0.39 is 30.3 Å². The molecule has 0 bridgehead atoms. The van der Waals surface area contributed by atoms with Crippen molar-refractivity contribution in [1.82, 2.24) is 0 Å². The number of aliphatic hydroxyl groups excluding tert-OH is 1. The number of methoxy groups -OCH3 is 1. The molecule has 7 heteroatoms. The van der Waals surface area contributed by atoms with Gasteiger partial charge in [0, 0.05) is 13.5 Å². The van der Waals surface area contributed by atoms with Crippen LogP contribution in [-0.2, 0) is 25.5 Å². The second kappa shape index (κ2) is 7.72. The largest absolute Gasteiger partial charge is 0.479 e. The minimum Gasteiger partial charge on any atom is -0.479 e. The summed E-state index contributed by atoms with van der Waals surface area (Å²) in [6.07, 6.45) is -1.13. The average Bonchev–Trinajstić information content (AvgIpc) is 2.47. The molecule has 0 fully saturated rings. The summed E-state index contributed by atoms with van der Waals surface area (Å²) in [7, 11) is 1.31. The third-order valence-corrected chi connectivity index (χ3v) is 3.04. The molecule has 0 aliphatic carbocycles. The highest BCUT2D eigenvalue weighted by molar-refractivity contribution is 6.02. The fourth-order valence-electron chi connectivity index (χ4n) is 1.73. The molecule has 0 heterocycles. The molecule has 0 aromatic heterocycles. The highest BCUT2D eigenvalue weighted by Gasteiger charge is 2.48. The van der Waals surface area contributed by atoms with Gasteiger partial charge in [-0.3, -0.25) is 0 Å².